The summed E-state index contributed by atoms with van der Waals surface area (Å²) in [6, 6.07) is 0. The van der Waals surface area contributed by atoms with Crippen LogP contribution < -0.4 is 0 Å². The Kier molecular flexibility index (Phi) is 3.25. The van der Waals surface area contributed by atoms with Gasteiger partial charge in [0.15, 0.2) is 0 Å². The van der Waals surface area contributed by atoms with E-state index in [0.29, 0.717) is 19.6 Å². The highest BCUT2D eigenvalue weighted by atomic mass is 16.4. The maximum atomic E-state index is 11.3. The molecule has 1 N–H and O–H groups in total. The number of amides is 1. The van der Waals surface area contributed by atoms with Crippen molar-refractivity contribution in [2.45, 2.75) is 6.42 Å². The van der Waals surface area contributed by atoms with E-state index in [1.165, 1.54) is 0 Å². The number of carbonyl (C=O) groups excluding carboxylic acids is 1. The molecule has 0 atom stereocenters. The fourth-order valence-electron chi connectivity index (χ4n) is 1.29. The van der Waals surface area contributed by atoms with Crippen LogP contribution in [0.2, 0.25) is 0 Å². The van der Waals surface area contributed by atoms with Gasteiger partial charge < -0.3 is 10.0 Å². The van der Waals surface area contributed by atoms with Gasteiger partial charge in [-0.3, -0.25) is 14.5 Å². The van der Waals surface area contributed by atoms with Crippen LogP contribution in [-0.4, -0.2) is 60.0 Å². The molecule has 1 rings (SSSR count). The summed E-state index contributed by atoms with van der Waals surface area (Å²) < 4.78 is 0. The van der Waals surface area contributed by atoms with Crippen molar-refractivity contribution < 1.29 is 14.7 Å². The van der Waals surface area contributed by atoms with Crippen molar-refractivity contribution in [2.24, 2.45) is 0 Å². The lowest BCUT2D eigenvalue weighted by atomic mass is 10.3. The number of piperazine rings is 1. The van der Waals surface area contributed by atoms with Crippen molar-refractivity contribution in [1.82, 2.24) is 9.80 Å². The number of carboxylic acid groups (broad SMARTS) is 1. The largest absolute Gasteiger partial charge is 0.481 e. The zero-order valence-corrected chi connectivity index (χ0v) is 7.69. The topological polar surface area (TPSA) is 60.9 Å². The number of hydrogen-bond acceptors (Lipinski definition) is 3. The van der Waals surface area contributed by atoms with E-state index in [1.54, 1.807) is 4.90 Å². The van der Waals surface area contributed by atoms with Crippen LogP contribution in [0.4, 0.5) is 0 Å². The predicted octanol–water partition coefficient (Wildman–Crippen LogP) is -0.765. The van der Waals surface area contributed by atoms with Crippen LogP contribution in [-0.2, 0) is 9.59 Å². The van der Waals surface area contributed by atoms with Crippen molar-refractivity contribution in [3.05, 3.63) is 0 Å². The summed E-state index contributed by atoms with van der Waals surface area (Å²) in [5.74, 6) is -0.832. The van der Waals surface area contributed by atoms with E-state index in [4.69, 9.17) is 5.11 Å². The number of carbonyl (C=O) groups is 2. The molecular weight excluding hydrogens is 172 g/mol. The highest BCUT2D eigenvalue weighted by molar-refractivity contribution is 5.79. The Morgan fingerprint density at radius 2 is 2.23 bits per heavy atom. The smallest absolute Gasteiger partial charge is 0.305 e. The van der Waals surface area contributed by atoms with Crippen molar-refractivity contribution in [3.63, 3.8) is 0 Å². The Bertz CT molecular complexity index is 217. The lowest BCUT2D eigenvalue weighted by Gasteiger charge is -2.31. The van der Waals surface area contributed by atoms with E-state index in [2.05, 4.69) is 0 Å². The van der Waals surface area contributed by atoms with E-state index >= 15 is 0 Å². The van der Waals surface area contributed by atoms with Gasteiger partial charge in [-0.25, -0.2) is 0 Å². The Morgan fingerprint density at radius 1 is 1.54 bits per heavy atom. The van der Waals surface area contributed by atoms with Gasteiger partial charge in [-0.2, -0.15) is 0 Å². The number of rotatable bonds is 3. The molecule has 0 aromatic rings. The van der Waals surface area contributed by atoms with E-state index in [9.17, 15) is 9.59 Å². The minimum absolute atomic E-state index is 0.0231. The highest BCUT2D eigenvalue weighted by Crippen LogP contribution is 2.01. The van der Waals surface area contributed by atoms with Gasteiger partial charge in [0.05, 0.1) is 13.0 Å². The first-order chi connectivity index (χ1) is 6.09. The average molecular weight is 186 g/mol. The first-order valence-corrected chi connectivity index (χ1v) is 4.27. The minimum atomic E-state index is -0.855. The minimum Gasteiger partial charge on any atom is -0.481 e. The van der Waals surface area contributed by atoms with Crippen molar-refractivity contribution in [1.29, 1.82) is 0 Å². The third-order valence-electron chi connectivity index (χ3n) is 2.11. The standard InChI is InChI=1S/C8H14N2O3/c1-9-4-5-10(7(11)6-9)3-2-8(12)13/h2-6H2,1H3,(H,12,13). The lowest BCUT2D eigenvalue weighted by Crippen LogP contribution is -2.49. The van der Waals surface area contributed by atoms with Crippen LogP contribution >= 0.6 is 0 Å². The molecule has 74 valence electrons. The van der Waals surface area contributed by atoms with Crippen LogP contribution in [0.15, 0.2) is 0 Å². The first kappa shape index (κ1) is 9.98. The molecule has 1 aliphatic heterocycles. The fraction of sp³-hybridized carbons (Fsp3) is 0.750. The van der Waals surface area contributed by atoms with Crippen LogP contribution in [0.25, 0.3) is 0 Å². The van der Waals surface area contributed by atoms with Gasteiger partial charge in [-0.1, -0.05) is 0 Å². The molecule has 0 spiro atoms. The molecule has 0 unspecified atom stereocenters. The summed E-state index contributed by atoms with van der Waals surface area (Å²) in [6.07, 6.45) is 0.0372. The van der Waals surface area contributed by atoms with Gasteiger partial charge in [-0.15, -0.1) is 0 Å². The van der Waals surface area contributed by atoms with Gasteiger partial charge in [0, 0.05) is 19.6 Å². The molecule has 0 aliphatic carbocycles. The van der Waals surface area contributed by atoms with E-state index in [0.717, 1.165) is 6.54 Å². The molecule has 1 saturated heterocycles. The molecule has 0 aromatic carbocycles. The maximum absolute atomic E-state index is 11.3. The number of nitrogens with zero attached hydrogens (tertiary/aromatic N) is 2. The quantitative estimate of drug-likeness (QED) is 0.629. The first-order valence-electron chi connectivity index (χ1n) is 4.27. The van der Waals surface area contributed by atoms with Crippen molar-refractivity contribution in [2.75, 3.05) is 33.2 Å². The average Bonchev–Trinajstić information content (AvgIpc) is 2.02. The summed E-state index contributed by atoms with van der Waals surface area (Å²) in [4.78, 5) is 25.1. The van der Waals surface area contributed by atoms with Crippen LogP contribution in [0, 0.1) is 0 Å². The molecule has 0 aromatic heterocycles. The Hall–Kier alpha value is -1.10. The number of carboxylic acids is 1. The van der Waals surface area contributed by atoms with Gasteiger partial charge in [0.25, 0.3) is 0 Å². The van der Waals surface area contributed by atoms with Crippen LogP contribution in [0.3, 0.4) is 0 Å². The van der Waals surface area contributed by atoms with Gasteiger partial charge in [0.1, 0.15) is 0 Å². The van der Waals surface area contributed by atoms with E-state index in [-0.39, 0.29) is 12.3 Å². The summed E-state index contributed by atoms with van der Waals surface area (Å²) in [7, 11) is 1.88. The molecule has 1 aliphatic rings. The second-order valence-corrected chi connectivity index (χ2v) is 3.26. The monoisotopic (exact) mass is 186 g/mol. The SMILES string of the molecule is CN1CCN(CCC(=O)O)C(=O)C1. The summed E-state index contributed by atoms with van der Waals surface area (Å²) in [6.45, 7) is 2.20. The molecule has 5 nitrogen and oxygen atoms in total. The van der Waals surface area contributed by atoms with Crippen LogP contribution in [0.5, 0.6) is 0 Å². The highest BCUT2D eigenvalue weighted by Gasteiger charge is 2.21. The Labute approximate surface area is 76.9 Å². The molecule has 0 saturated carbocycles. The summed E-state index contributed by atoms with van der Waals surface area (Å²) in [5, 5.41) is 8.43. The van der Waals surface area contributed by atoms with E-state index in [1.807, 2.05) is 11.9 Å². The van der Waals surface area contributed by atoms with Gasteiger partial charge in [-0.05, 0) is 7.05 Å². The van der Waals surface area contributed by atoms with Gasteiger partial charge in [0.2, 0.25) is 5.91 Å². The molecule has 0 bridgehead atoms. The number of likely N-dealkylation sites (N-methyl/N-ethyl adjacent to an activating group) is 1. The van der Waals surface area contributed by atoms with E-state index < -0.39 is 5.97 Å². The zero-order chi connectivity index (χ0) is 9.84. The summed E-state index contributed by atoms with van der Waals surface area (Å²) in [5.41, 5.74) is 0. The normalized spacial score (nSPS) is 19.2. The number of hydrogen-bond donors (Lipinski definition) is 1. The van der Waals surface area contributed by atoms with Crippen molar-refractivity contribution in [3.8, 4) is 0 Å². The van der Waals surface area contributed by atoms with Crippen LogP contribution in [0.1, 0.15) is 6.42 Å². The molecule has 5 heteroatoms. The maximum Gasteiger partial charge on any atom is 0.305 e. The molecule has 1 amide bonds. The molecular formula is C8H14N2O3. The third-order valence-corrected chi connectivity index (χ3v) is 2.11. The molecule has 1 fully saturated rings. The predicted molar refractivity (Wildman–Crippen MR) is 46.3 cm³/mol. The third kappa shape index (κ3) is 3.02. The number of aliphatic carboxylic acids is 1. The molecule has 13 heavy (non-hydrogen) atoms. The second-order valence-electron chi connectivity index (χ2n) is 3.26. The molecule has 0 radical (unpaired) electrons. The molecule has 1 heterocycles. The van der Waals surface area contributed by atoms with Gasteiger partial charge >= 0.3 is 5.97 Å². The Balaban J connectivity index is 2.34. The summed E-state index contributed by atoms with van der Waals surface area (Å²) >= 11 is 0. The van der Waals surface area contributed by atoms with Crippen molar-refractivity contribution >= 4 is 11.9 Å². The fourth-order valence-corrected chi connectivity index (χ4v) is 1.29. The zero-order valence-electron chi connectivity index (χ0n) is 7.69. The Morgan fingerprint density at radius 3 is 2.77 bits per heavy atom. The second kappa shape index (κ2) is 4.23. The lowest BCUT2D eigenvalue weighted by molar-refractivity contribution is -0.139.